The molecule has 0 amide bonds. The van der Waals surface area contributed by atoms with Gasteiger partial charge in [0.15, 0.2) is 0 Å². The highest BCUT2D eigenvalue weighted by molar-refractivity contribution is 7.89. The van der Waals surface area contributed by atoms with E-state index in [0.29, 0.717) is 5.69 Å². The molecule has 1 atom stereocenters. The molecule has 18 heavy (non-hydrogen) atoms. The third-order valence-electron chi connectivity index (χ3n) is 3.12. The number of hydrogen-bond acceptors (Lipinski definition) is 5. The van der Waals surface area contributed by atoms with E-state index in [2.05, 4.69) is 10.2 Å². The molecule has 0 bridgehead atoms. The third kappa shape index (κ3) is 2.74. The Morgan fingerprint density at radius 2 is 2.17 bits per heavy atom. The number of likely N-dealkylation sites (N-methyl/N-ethyl adjacent to an activating group) is 1. The minimum atomic E-state index is -3.78. The number of anilines is 2. The minimum Gasteiger partial charge on any atom is -0.396 e. The summed E-state index contributed by atoms with van der Waals surface area (Å²) in [6.07, 6.45) is 1.01. The highest BCUT2D eigenvalue weighted by Crippen LogP contribution is 2.27. The molecule has 1 fully saturated rings. The van der Waals surface area contributed by atoms with Crippen molar-refractivity contribution in [1.82, 2.24) is 4.90 Å². The molecule has 0 aromatic heterocycles. The fourth-order valence-electron chi connectivity index (χ4n) is 2.19. The van der Waals surface area contributed by atoms with Crippen LogP contribution in [0.25, 0.3) is 0 Å². The first-order valence-corrected chi connectivity index (χ1v) is 7.29. The van der Waals surface area contributed by atoms with E-state index in [4.69, 9.17) is 10.9 Å². The Balaban J connectivity index is 2.24. The second-order valence-electron chi connectivity index (χ2n) is 4.65. The topological polar surface area (TPSA) is 101 Å². The quantitative estimate of drug-likeness (QED) is 0.673. The van der Waals surface area contributed by atoms with Gasteiger partial charge in [-0.15, -0.1) is 0 Å². The van der Waals surface area contributed by atoms with Crippen molar-refractivity contribution in [3.05, 3.63) is 18.2 Å². The molecule has 1 aliphatic heterocycles. The van der Waals surface area contributed by atoms with E-state index < -0.39 is 10.0 Å². The number of nitrogens with one attached hydrogen (secondary N) is 1. The third-order valence-corrected chi connectivity index (χ3v) is 4.09. The number of nitrogens with two attached hydrogens (primary N) is 2. The standard InChI is InChI=1S/C11H18N4O2S/c1-15-6-5-8(7-15)14-9-3-2-4-10(11(9)12)18(13,16)17/h2-4,8,14H,5-7,12H2,1H3,(H2,13,16,17). The maximum atomic E-state index is 11.4. The molecule has 1 unspecified atom stereocenters. The van der Waals surface area contributed by atoms with Crippen LogP contribution in [0, 0.1) is 0 Å². The van der Waals surface area contributed by atoms with E-state index in [0.717, 1.165) is 19.5 Å². The van der Waals surface area contributed by atoms with Crippen LogP contribution >= 0.6 is 0 Å². The van der Waals surface area contributed by atoms with Crippen LogP contribution in [-0.4, -0.2) is 39.5 Å². The first-order chi connectivity index (χ1) is 8.38. The van der Waals surface area contributed by atoms with E-state index >= 15 is 0 Å². The van der Waals surface area contributed by atoms with Crippen molar-refractivity contribution in [2.45, 2.75) is 17.4 Å². The smallest absolute Gasteiger partial charge is 0.240 e. The highest BCUT2D eigenvalue weighted by atomic mass is 32.2. The van der Waals surface area contributed by atoms with Gasteiger partial charge in [0.05, 0.1) is 11.4 Å². The number of para-hydroxylation sites is 1. The molecule has 6 nitrogen and oxygen atoms in total. The summed E-state index contributed by atoms with van der Waals surface area (Å²) in [5.74, 6) is 0. The maximum absolute atomic E-state index is 11.4. The zero-order chi connectivity index (χ0) is 13.3. The molecule has 0 spiro atoms. The summed E-state index contributed by atoms with van der Waals surface area (Å²) in [6.45, 7) is 1.94. The summed E-state index contributed by atoms with van der Waals surface area (Å²) < 4.78 is 22.7. The van der Waals surface area contributed by atoms with Crippen molar-refractivity contribution in [1.29, 1.82) is 0 Å². The van der Waals surface area contributed by atoms with Gasteiger partial charge < -0.3 is 16.0 Å². The Kier molecular flexibility index (Phi) is 3.47. The maximum Gasteiger partial charge on any atom is 0.240 e. The number of sulfonamides is 1. The summed E-state index contributed by atoms with van der Waals surface area (Å²) in [6, 6.07) is 5.10. The van der Waals surface area contributed by atoms with E-state index in [-0.39, 0.29) is 16.6 Å². The summed E-state index contributed by atoms with van der Waals surface area (Å²) in [5, 5.41) is 8.38. The van der Waals surface area contributed by atoms with Gasteiger partial charge in [-0.3, -0.25) is 0 Å². The average Bonchev–Trinajstić information content (AvgIpc) is 2.65. The lowest BCUT2D eigenvalue weighted by molar-refractivity contribution is 0.414. The molecule has 0 saturated carbocycles. The lowest BCUT2D eigenvalue weighted by Gasteiger charge is -2.17. The van der Waals surface area contributed by atoms with Gasteiger partial charge in [0.2, 0.25) is 10.0 Å². The van der Waals surface area contributed by atoms with Crippen LogP contribution in [0.5, 0.6) is 0 Å². The SMILES string of the molecule is CN1CCC(Nc2cccc(S(N)(=O)=O)c2N)C1. The Bertz CT molecular complexity index is 544. The van der Waals surface area contributed by atoms with Crippen LogP contribution in [0.4, 0.5) is 11.4 Å². The van der Waals surface area contributed by atoms with Crippen LogP contribution < -0.4 is 16.2 Å². The van der Waals surface area contributed by atoms with Gasteiger partial charge in [0.25, 0.3) is 0 Å². The summed E-state index contributed by atoms with van der Waals surface area (Å²) in [7, 11) is -1.73. The van der Waals surface area contributed by atoms with Gasteiger partial charge in [0.1, 0.15) is 4.90 Å². The molecule has 1 aliphatic rings. The monoisotopic (exact) mass is 270 g/mol. The fraction of sp³-hybridized carbons (Fsp3) is 0.455. The van der Waals surface area contributed by atoms with Crippen LogP contribution in [0.3, 0.4) is 0 Å². The Morgan fingerprint density at radius 1 is 1.44 bits per heavy atom. The number of rotatable bonds is 3. The zero-order valence-electron chi connectivity index (χ0n) is 10.3. The lowest BCUT2D eigenvalue weighted by Crippen LogP contribution is -2.24. The predicted octanol–water partition coefficient (Wildman–Crippen LogP) is 0.0322. The van der Waals surface area contributed by atoms with Gasteiger partial charge in [-0.1, -0.05) is 6.07 Å². The Labute approximate surface area is 107 Å². The number of nitrogens with zero attached hydrogens (tertiary/aromatic N) is 1. The number of benzene rings is 1. The number of nitrogen functional groups attached to an aromatic ring is 1. The molecule has 1 heterocycles. The van der Waals surface area contributed by atoms with Crippen molar-refractivity contribution >= 4 is 21.4 Å². The molecule has 1 aromatic rings. The molecule has 100 valence electrons. The first kappa shape index (κ1) is 13.1. The van der Waals surface area contributed by atoms with Crippen molar-refractivity contribution in [3.8, 4) is 0 Å². The van der Waals surface area contributed by atoms with Gasteiger partial charge in [-0.05, 0) is 32.1 Å². The van der Waals surface area contributed by atoms with Crippen molar-refractivity contribution in [2.75, 3.05) is 31.2 Å². The highest BCUT2D eigenvalue weighted by Gasteiger charge is 2.21. The summed E-state index contributed by atoms with van der Waals surface area (Å²) in [5.41, 5.74) is 6.66. The molecule has 1 saturated heterocycles. The molecule has 0 aliphatic carbocycles. The van der Waals surface area contributed by atoms with Crippen molar-refractivity contribution in [2.24, 2.45) is 5.14 Å². The lowest BCUT2D eigenvalue weighted by atomic mass is 10.2. The average molecular weight is 270 g/mol. The van der Waals surface area contributed by atoms with E-state index in [9.17, 15) is 8.42 Å². The molecular formula is C11H18N4O2S. The van der Waals surface area contributed by atoms with Crippen LogP contribution in [-0.2, 0) is 10.0 Å². The summed E-state index contributed by atoms with van der Waals surface area (Å²) in [4.78, 5) is 2.18. The van der Waals surface area contributed by atoms with Gasteiger partial charge in [-0.2, -0.15) is 0 Å². The second-order valence-corrected chi connectivity index (χ2v) is 6.18. The molecule has 7 heteroatoms. The van der Waals surface area contributed by atoms with E-state index in [1.54, 1.807) is 12.1 Å². The van der Waals surface area contributed by atoms with Crippen molar-refractivity contribution < 1.29 is 8.42 Å². The number of primary sulfonamides is 1. The van der Waals surface area contributed by atoms with Gasteiger partial charge >= 0.3 is 0 Å². The second kappa shape index (κ2) is 4.75. The molecule has 0 radical (unpaired) electrons. The largest absolute Gasteiger partial charge is 0.396 e. The predicted molar refractivity (Wildman–Crippen MR) is 71.8 cm³/mol. The Morgan fingerprint density at radius 3 is 2.72 bits per heavy atom. The van der Waals surface area contributed by atoms with Crippen LogP contribution in [0.1, 0.15) is 6.42 Å². The zero-order valence-corrected chi connectivity index (χ0v) is 11.1. The summed E-state index contributed by atoms with van der Waals surface area (Å²) >= 11 is 0. The molecular weight excluding hydrogens is 252 g/mol. The van der Waals surface area contributed by atoms with E-state index in [1.807, 2.05) is 7.05 Å². The van der Waals surface area contributed by atoms with E-state index in [1.165, 1.54) is 6.07 Å². The Hall–Kier alpha value is -1.31. The normalized spacial score (nSPS) is 21.1. The first-order valence-electron chi connectivity index (χ1n) is 5.74. The van der Waals surface area contributed by atoms with Gasteiger partial charge in [-0.25, -0.2) is 13.6 Å². The molecule has 1 aromatic carbocycles. The minimum absolute atomic E-state index is 0.0288. The van der Waals surface area contributed by atoms with Crippen molar-refractivity contribution in [3.63, 3.8) is 0 Å². The van der Waals surface area contributed by atoms with Crippen LogP contribution in [0.2, 0.25) is 0 Å². The fourth-order valence-corrected chi connectivity index (χ4v) is 2.88. The number of hydrogen-bond donors (Lipinski definition) is 3. The molecule has 2 rings (SSSR count). The molecule has 5 N–H and O–H groups in total. The van der Waals surface area contributed by atoms with Crippen LogP contribution in [0.15, 0.2) is 23.1 Å². The van der Waals surface area contributed by atoms with Gasteiger partial charge in [0, 0.05) is 12.6 Å². The number of likely N-dealkylation sites (tertiary alicyclic amines) is 1.